The summed E-state index contributed by atoms with van der Waals surface area (Å²) in [4.78, 5) is 77.9. The number of amides is 2. The Balaban J connectivity index is 0.953. The Kier molecular flexibility index (Phi) is 17.3. The van der Waals surface area contributed by atoms with E-state index in [1.807, 2.05) is 60.7 Å². The van der Waals surface area contributed by atoms with Crippen molar-refractivity contribution in [3.05, 3.63) is 185 Å². The number of ether oxygens (including phenoxy) is 3. The lowest BCUT2D eigenvalue weighted by molar-refractivity contribution is -0.144. The fourth-order valence-corrected chi connectivity index (χ4v) is 9.21. The number of rotatable bonds is 17. The van der Waals surface area contributed by atoms with Crippen molar-refractivity contribution in [2.45, 2.75) is 79.2 Å². The second-order valence-corrected chi connectivity index (χ2v) is 19.1. The van der Waals surface area contributed by atoms with Gasteiger partial charge in [-0.3, -0.25) is 14.9 Å². The molecule has 0 radical (unpaired) electrons. The van der Waals surface area contributed by atoms with Gasteiger partial charge in [0.1, 0.15) is 28.7 Å². The lowest BCUT2D eigenvalue weighted by atomic mass is 9.61. The van der Waals surface area contributed by atoms with Crippen LogP contribution in [0.2, 0.25) is 0 Å². The summed E-state index contributed by atoms with van der Waals surface area (Å²) in [5, 5.41) is 23.2. The molecular weight excluding hydrogens is 941 g/mol. The van der Waals surface area contributed by atoms with Gasteiger partial charge in [0.05, 0.1) is 12.1 Å². The second-order valence-electron chi connectivity index (χ2n) is 19.1. The van der Waals surface area contributed by atoms with E-state index < -0.39 is 24.1 Å². The van der Waals surface area contributed by atoms with Gasteiger partial charge in [-0.05, 0) is 134 Å². The van der Waals surface area contributed by atoms with Crippen LogP contribution in [0, 0.1) is 36.2 Å². The van der Waals surface area contributed by atoms with E-state index in [2.05, 4.69) is 46.7 Å². The molecule has 16 heteroatoms. The molecule has 2 N–H and O–H groups in total. The molecule has 2 amide bonds. The van der Waals surface area contributed by atoms with Crippen molar-refractivity contribution < 1.29 is 47.9 Å². The first kappa shape index (κ1) is 52.6. The summed E-state index contributed by atoms with van der Waals surface area (Å²) in [7, 11) is 0. The summed E-state index contributed by atoms with van der Waals surface area (Å²) in [6.45, 7) is 9.94. The fourth-order valence-electron chi connectivity index (χ4n) is 9.21. The van der Waals surface area contributed by atoms with Crippen LogP contribution in [0.25, 0.3) is 0 Å². The SMILES string of the molecule is Cc1ccc(NC(=O)Oc2ccc(/C(=N/OC(=O)CCC3(C)CC(NC(=O)O/N=C(\c4ccccc4)c4ccc(OC(=O)Cc5ccc(C)c(OC#N)c5)cc4)CC(C)(C)C3)c3ccccc3)cc2)cc1N=C=O. The van der Waals surface area contributed by atoms with Crippen molar-refractivity contribution >= 4 is 53.0 Å². The maximum Gasteiger partial charge on any atom is 0.433 e. The maximum absolute atomic E-state index is 13.5. The Morgan fingerprint density at radius 1 is 0.662 bits per heavy atom. The second kappa shape index (κ2) is 24.3. The zero-order chi connectivity index (χ0) is 52.7. The normalized spacial score (nSPS) is 16.0. The molecule has 1 aliphatic rings. The number of benzene rings is 6. The van der Waals surface area contributed by atoms with Gasteiger partial charge in [-0.1, -0.05) is 110 Å². The molecule has 74 heavy (non-hydrogen) atoms. The zero-order valence-electron chi connectivity index (χ0n) is 41.5. The van der Waals surface area contributed by atoms with Crippen molar-refractivity contribution in [2.75, 3.05) is 5.32 Å². The quantitative estimate of drug-likeness (QED) is 0.0167. The first-order valence-electron chi connectivity index (χ1n) is 23.8. The van der Waals surface area contributed by atoms with Crippen molar-refractivity contribution in [2.24, 2.45) is 26.1 Å². The molecule has 1 fully saturated rings. The van der Waals surface area contributed by atoms with Gasteiger partial charge >= 0.3 is 24.1 Å². The number of carbonyl (C=O) groups is 4. The van der Waals surface area contributed by atoms with Crippen LogP contribution in [-0.4, -0.2) is 47.7 Å². The first-order valence-corrected chi connectivity index (χ1v) is 23.8. The minimum Gasteiger partial charge on any atom is -0.426 e. The summed E-state index contributed by atoms with van der Waals surface area (Å²) in [6, 6.07) is 41.5. The Morgan fingerprint density at radius 3 is 1.85 bits per heavy atom. The topological polar surface area (TPSA) is 216 Å². The number of esters is 1. The molecular formula is C58H54N6O10. The van der Waals surface area contributed by atoms with Gasteiger partial charge in [0.25, 0.3) is 6.26 Å². The van der Waals surface area contributed by atoms with Gasteiger partial charge in [0.15, 0.2) is 0 Å². The summed E-state index contributed by atoms with van der Waals surface area (Å²) in [5.74, 6) is -0.121. The van der Waals surface area contributed by atoms with E-state index in [1.165, 1.54) is 12.1 Å². The Bertz CT molecular complexity index is 3150. The smallest absolute Gasteiger partial charge is 0.426 e. The number of carbonyl (C=O) groups excluding carboxylic acids is 5. The number of aliphatic imine (C=N–C) groups is 1. The van der Waals surface area contributed by atoms with Gasteiger partial charge in [0, 0.05) is 40.4 Å². The van der Waals surface area contributed by atoms with E-state index in [4.69, 9.17) is 29.1 Å². The molecule has 6 aromatic rings. The molecule has 1 aliphatic carbocycles. The van der Waals surface area contributed by atoms with Gasteiger partial charge in [-0.15, -0.1) is 5.26 Å². The molecule has 6 aromatic carbocycles. The highest BCUT2D eigenvalue weighted by Gasteiger charge is 2.42. The third kappa shape index (κ3) is 14.9. The van der Waals surface area contributed by atoms with Crippen LogP contribution in [-0.2, 0) is 30.5 Å². The molecule has 0 aliphatic heterocycles. The average molecular weight is 995 g/mol. The maximum atomic E-state index is 13.5. The summed E-state index contributed by atoms with van der Waals surface area (Å²) in [5.41, 5.74) is 5.68. The molecule has 0 saturated heterocycles. The third-order valence-electron chi connectivity index (χ3n) is 12.3. The largest absolute Gasteiger partial charge is 0.433 e. The predicted octanol–water partition coefficient (Wildman–Crippen LogP) is 11.7. The lowest BCUT2D eigenvalue weighted by Crippen LogP contribution is -2.47. The van der Waals surface area contributed by atoms with Gasteiger partial charge in [-0.2, -0.15) is 4.99 Å². The number of anilines is 1. The third-order valence-corrected chi connectivity index (χ3v) is 12.3. The van der Waals surface area contributed by atoms with Crippen LogP contribution in [0.3, 0.4) is 0 Å². The number of nitrogens with one attached hydrogen (secondary N) is 2. The standard InChI is InChI=1S/C58H54N6O10/c1-38-17-23-45(32-49(38)60-37-65)61-55(68)72-48-26-21-43(22-27-48)53(41-12-8-6-9-13-41)63-73-51(66)28-29-58(5)34-46(33-57(3,4)35-58)62-56(69)74-64-54(42-14-10-7-11-15-42)44-19-24-47(25-20-44)71-52(67)31-40-18-16-39(2)50(30-40)70-36-59/h6-27,30,32,46H,28-29,31,33-35H2,1-5H3,(H,61,68)(H,62,69)/b63-53+,64-54+. The average Bonchev–Trinajstić information content (AvgIpc) is 3.36. The van der Waals surface area contributed by atoms with Crippen LogP contribution < -0.4 is 24.8 Å². The highest BCUT2D eigenvalue weighted by atomic mass is 16.7. The van der Waals surface area contributed by atoms with Crippen LogP contribution in [0.4, 0.5) is 21.0 Å². The minimum absolute atomic E-state index is 0.0410. The lowest BCUT2D eigenvalue weighted by Gasteiger charge is -2.46. The number of nitriles is 1. The molecule has 7 rings (SSSR count). The van der Waals surface area contributed by atoms with Crippen LogP contribution in [0.15, 0.2) is 161 Å². The van der Waals surface area contributed by atoms with Crippen molar-refractivity contribution in [3.63, 3.8) is 0 Å². The number of hydrogen-bond donors (Lipinski definition) is 2. The fraction of sp³-hybridized carbons (Fsp3) is 0.241. The van der Waals surface area contributed by atoms with Gasteiger partial charge < -0.3 is 24.4 Å². The molecule has 0 bridgehead atoms. The van der Waals surface area contributed by atoms with Crippen molar-refractivity contribution in [1.82, 2.24) is 5.32 Å². The van der Waals surface area contributed by atoms with Crippen LogP contribution in [0.1, 0.15) is 91.8 Å². The number of nitrogens with zero attached hydrogens (tertiary/aromatic N) is 4. The molecule has 0 aromatic heterocycles. The monoisotopic (exact) mass is 994 g/mol. The molecule has 376 valence electrons. The molecule has 2 unspecified atom stereocenters. The van der Waals surface area contributed by atoms with Gasteiger partial charge in [-0.25, -0.2) is 19.2 Å². The highest BCUT2D eigenvalue weighted by Crippen LogP contribution is 2.48. The molecule has 1 saturated carbocycles. The van der Waals surface area contributed by atoms with E-state index in [1.54, 1.807) is 99.0 Å². The minimum atomic E-state index is -0.753. The highest BCUT2D eigenvalue weighted by molar-refractivity contribution is 6.13. The van der Waals surface area contributed by atoms with Gasteiger partial charge in [0.2, 0.25) is 6.08 Å². The summed E-state index contributed by atoms with van der Waals surface area (Å²) in [6.07, 6.45) is 4.18. The van der Waals surface area contributed by atoms with E-state index in [-0.39, 0.29) is 35.5 Å². The van der Waals surface area contributed by atoms with E-state index in [0.717, 1.165) is 17.5 Å². The van der Waals surface area contributed by atoms with Crippen molar-refractivity contribution in [3.8, 4) is 23.5 Å². The van der Waals surface area contributed by atoms with Crippen LogP contribution >= 0.6 is 0 Å². The van der Waals surface area contributed by atoms with Crippen molar-refractivity contribution in [1.29, 1.82) is 5.26 Å². The number of hydrogen-bond acceptors (Lipinski definition) is 14. The zero-order valence-corrected chi connectivity index (χ0v) is 41.5. The molecule has 0 spiro atoms. The van der Waals surface area contributed by atoms with E-state index >= 15 is 0 Å². The van der Waals surface area contributed by atoms with Crippen LogP contribution in [0.5, 0.6) is 17.2 Å². The van der Waals surface area contributed by atoms with E-state index in [9.17, 15) is 24.0 Å². The number of isocyanates is 1. The number of aryl methyl sites for hydroxylation is 2. The molecule has 16 nitrogen and oxygen atoms in total. The predicted molar refractivity (Wildman–Crippen MR) is 277 cm³/mol. The van der Waals surface area contributed by atoms with E-state index in [0.29, 0.717) is 81.4 Å². The molecule has 0 heterocycles. The first-order chi connectivity index (χ1) is 35.6. The summed E-state index contributed by atoms with van der Waals surface area (Å²) >= 11 is 0. The molecule has 2 atom stereocenters. The summed E-state index contributed by atoms with van der Waals surface area (Å²) < 4.78 is 16.1. The Morgan fingerprint density at radius 2 is 1.24 bits per heavy atom. The number of oxime groups is 2. The Hall–Kier alpha value is -9.19. The Labute approximate surface area is 428 Å².